The average molecular weight is 278 g/mol. The first-order chi connectivity index (χ1) is 8.55. The van der Waals surface area contributed by atoms with Crippen molar-refractivity contribution < 1.29 is 13.3 Å². The zero-order valence-corrected chi connectivity index (χ0v) is 13.5. The van der Waals surface area contributed by atoms with Gasteiger partial charge in [0.25, 0.3) is 0 Å². The minimum Gasteiger partial charge on any atom is -0.374 e. The van der Waals surface area contributed by atoms with E-state index in [1.165, 1.54) is 0 Å². The highest BCUT2D eigenvalue weighted by Crippen LogP contribution is 2.22. The van der Waals surface area contributed by atoms with Gasteiger partial charge in [0, 0.05) is 25.9 Å². The van der Waals surface area contributed by atoms with Gasteiger partial charge < -0.3 is 24.3 Å². The smallest absolute Gasteiger partial charge is 0.374 e. The van der Waals surface area contributed by atoms with Crippen LogP contribution in [0.1, 0.15) is 34.6 Å². The number of hydrogen-bond donors (Lipinski definition) is 2. The van der Waals surface area contributed by atoms with Gasteiger partial charge >= 0.3 is 8.80 Å². The Labute approximate surface area is 113 Å². The van der Waals surface area contributed by atoms with Gasteiger partial charge in [-0.15, -0.1) is 0 Å². The summed E-state index contributed by atoms with van der Waals surface area (Å²) in [4.78, 5) is 0. The number of nitrogens with one attached hydrogen (secondary N) is 1. The summed E-state index contributed by atoms with van der Waals surface area (Å²) in [7, 11) is -2.57. The number of rotatable bonds is 11. The summed E-state index contributed by atoms with van der Waals surface area (Å²) in [6.45, 7) is 12.7. The molecule has 0 bridgehead atoms. The van der Waals surface area contributed by atoms with Gasteiger partial charge in [-0.2, -0.15) is 0 Å². The molecule has 0 heterocycles. The molecule has 0 aliphatic rings. The Kier molecular flexibility index (Phi) is 9.89. The van der Waals surface area contributed by atoms with Gasteiger partial charge in [-0.05, 0) is 33.2 Å². The Morgan fingerprint density at radius 3 is 1.78 bits per heavy atom. The zero-order chi connectivity index (χ0) is 14.0. The summed E-state index contributed by atoms with van der Waals surface area (Å²) in [5, 5.41) is 3.23. The molecule has 110 valence electrons. The first-order valence-corrected chi connectivity index (χ1v) is 8.89. The molecule has 2 atom stereocenters. The quantitative estimate of drug-likeness (QED) is 0.443. The topological polar surface area (TPSA) is 65.7 Å². The van der Waals surface area contributed by atoms with Crippen LogP contribution in [-0.2, 0) is 13.3 Å². The van der Waals surface area contributed by atoms with E-state index in [1.807, 2.05) is 27.7 Å². The van der Waals surface area contributed by atoms with Gasteiger partial charge in [-0.3, -0.25) is 0 Å². The molecule has 18 heavy (non-hydrogen) atoms. The molecule has 0 saturated carbocycles. The molecule has 0 saturated heterocycles. The highest BCUT2D eigenvalue weighted by atomic mass is 28.4. The maximum absolute atomic E-state index is 6.07. The molecule has 0 amide bonds. The first-order valence-electron chi connectivity index (χ1n) is 6.95. The van der Waals surface area contributed by atoms with E-state index in [0.717, 1.165) is 12.6 Å². The molecule has 0 aliphatic carbocycles. The summed E-state index contributed by atoms with van der Waals surface area (Å²) < 4.78 is 17.5. The Morgan fingerprint density at radius 2 is 1.44 bits per heavy atom. The van der Waals surface area contributed by atoms with E-state index in [9.17, 15) is 0 Å². The fraction of sp³-hybridized carbons (Fsp3) is 1.00. The molecule has 0 aromatic carbocycles. The lowest BCUT2D eigenvalue weighted by molar-refractivity contribution is 0.0660. The molecule has 3 N–H and O–H groups in total. The van der Waals surface area contributed by atoms with Crippen LogP contribution in [-0.4, -0.2) is 41.3 Å². The number of hydrogen-bond acceptors (Lipinski definition) is 5. The van der Waals surface area contributed by atoms with Crippen LogP contribution in [0, 0.1) is 5.92 Å². The van der Waals surface area contributed by atoms with E-state index in [1.54, 1.807) is 0 Å². The van der Waals surface area contributed by atoms with E-state index in [2.05, 4.69) is 12.2 Å². The maximum atomic E-state index is 6.07. The lowest BCUT2D eigenvalue weighted by atomic mass is 10.1. The molecule has 6 heteroatoms. The fourth-order valence-electron chi connectivity index (χ4n) is 1.92. The second kappa shape index (κ2) is 9.88. The van der Waals surface area contributed by atoms with E-state index < -0.39 is 8.80 Å². The highest BCUT2D eigenvalue weighted by Gasteiger charge is 2.42. The highest BCUT2D eigenvalue weighted by molar-refractivity contribution is 6.60. The monoisotopic (exact) mass is 278 g/mol. The van der Waals surface area contributed by atoms with Crippen molar-refractivity contribution in [3.05, 3.63) is 0 Å². The van der Waals surface area contributed by atoms with Crippen molar-refractivity contribution in [2.24, 2.45) is 11.7 Å². The molecular weight excluding hydrogens is 248 g/mol. The fourth-order valence-corrected chi connectivity index (χ4v) is 4.89. The normalized spacial score (nSPS) is 15.7. The third-order valence-electron chi connectivity index (χ3n) is 2.72. The Hall–Kier alpha value is 0.0169. The van der Waals surface area contributed by atoms with Crippen LogP contribution in [0.2, 0.25) is 6.04 Å². The third kappa shape index (κ3) is 6.26. The minimum absolute atomic E-state index is 0.0526. The molecular formula is C12H30N2O3Si. The van der Waals surface area contributed by atoms with Gasteiger partial charge in [0.1, 0.15) is 0 Å². The lowest BCUT2D eigenvalue weighted by Gasteiger charge is -2.32. The summed E-state index contributed by atoms with van der Waals surface area (Å²) >= 11 is 0. The first kappa shape index (κ1) is 18.0. The predicted octanol–water partition coefficient (Wildman–Crippen LogP) is 1.57. The second-order valence-corrected chi connectivity index (χ2v) is 6.89. The Bertz CT molecular complexity index is 191. The molecule has 0 spiro atoms. The van der Waals surface area contributed by atoms with Gasteiger partial charge in [0.05, 0.1) is 6.17 Å². The van der Waals surface area contributed by atoms with Gasteiger partial charge in [-0.1, -0.05) is 13.8 Å². The molecule has 0 fully saturated rings. The standard InChI is InChI=1S/C12H30N2O3Si/c1-6-14-12(13)11(5)10-18(15-7-2,16-8-3)17-9-4/h11-12,14H,6-10,13H2,1-5H3. The van der Waals surface area contributed by atoms with Crippen molar-refractivity contribution in [1.82, 2.24) is 5.32 Å². The van der Waals surface area contributed by atoms with E-state index in [-0.39, 0.29) is 12.1 Å². The van der Waals surface area contributed by atoms with Crippen LogP contribution in [0.25, 0.3) is 0 Å². The Morgan fingerprint density at radius 1 is 1.00 bits per heavy atom. The minimum atomic E-state index is -2.57. The second-order valence-electron chi connectivity index (χ2n) is 4.25. The lowest BCUT2D eigenvalue weighted by Crippen LogP contribution is -2.51. The van der Waals surface area contributed by atoms with Gasteiger partial charge in [0.15, 0.2) is 0 Å². The molecule has 0 radical (unpaired) electrons. The van der Waals surface area contributed by atoms with Crippen molar-refractivity contribution in [1.29, 1.82) is 0 Å². The summed E-state index contributed by atoms with van der Waals surface area (Å²) in [5.74, 6) is 0.251. The zero-order valence-electron chi connectivity index (χ0n) is 12.5. The maximum Gasteiger partial charge on any atom is 0.501 e. The van der Waals surface area contributed by atoms with Crippen LogP contribution in [0.3, 0.4) is 0 Å². The van der Waals surface area contributed by atoms with E-state index in [4.69, 9.17) is 19.0 Å². The van der Waals surface area contributed by atoms with Crippen molar-refractivity contribution in [2.45, 2.75) is 46.8 Å². The van der Waals surface area contributed by atoms with Gasteiger partial charge in [0.2, 0.25) is 0 Å². The van der Waals surface area contributed by atoms with E-state index >= 15 is 0 Å². The third-order valence-corrected chi connectivity index (χ3v) is 6.05. The SMILES string of the molecule is CCNC(N)C(C)C[Si](OCC)(OCC)OCC. The Balaban J connectivity index is 4.62. The molecule has 0 rings (SSSR count). The van der Waals surface area contributed by atoms with Crippen LogP contribution < -0.4 is 11.1 Å². The predicted molar refractivity (Wildman–Crippen MR) is 76.3 cm³/mol. The van der Waals surface area contributed by atoms with Crippen LogP contribution in [0.15, 0.2) is 0 Å². The molecule has 0 aliphatic heterocycles. The van der Waals surface area contributed by atoms with Crippen molar-refractivity contribution in [2.75, 3.05) is 26.4 Å². The largest absolute Gasteiger partial charge is 0.501 e. The van der Waals surface area contributed by atoms with Crippen molar-refractivity contribution >= 4 is 8.80 Å². The summed E-state index contributed by atoms with van der Waals surface area (Å²) in [5.41, 5.74) is 6.07. The summed E-state index contributed by atoms with van der Waals surface area (Å²) in [6.07, 6.45) is -0.0526. The van der Waals surface area contributed by atoms with E-state index in [0.29, 0.717) is 19.8 Å². The van der Waals surface area contributed by atoms with Crippen molar-refractivity contribution in [3.8, 4) is 0 Å². The number of nitrogens with two attached hydrogens (primary N) is 1. The van der Waals surface area contributed by atoms with Crippen molar-refractivity contribution in [3.63, 3.8) is 0 Å². The van der Waals surface area contributed by atoms with Crippen LogP contribution in [0.4, 0.5) is 0 Å². The van der Waals surface area contributed by atoms with Gasteiger partial charge in [-0.25, -0.2) is 0 Å². The molecule has 0 aromatic rings. The summed E-state index contributed by atoms with van der Waals surface area (Å²) in [6, 6.07) is 0.747. The van der Waals surface area contributed by atoms with Crippen LogP contribution >= 0.6 is 0 Å². The molecule has 2 unspecified atom stereocenters. The molecule has 5 nitrogen and oxygen atoms in total. The average Bonchev–Trinajstić information content (AvgIpc) is 2.30. The molecule has 0 aromatic heterocycles. The van der Waals surface area contributed by atoms with Crippen LogP contribution in [0.5, 0.6) is 0 Å².